The van der Waals surface area contributed by atoms with Crippen molar-refractivity contribution < 1.29 is 37.1 Å². The molecular weight excluding hydrogens is 579 g/mol. The van der Waals surface area contributed by atoms with Gasteiger partial charge in [-0.1, -0.05) is 13.8 Å². The summed E-state index contributed by atoms with van der Waals surface area (Å²) in [6, 6.07) is -1.49. The van der Waals surface area contributed by atoms with Gasteiger partial charge >= 0.3 is 12.1 Å². The first-order chi connectivity index (χ1) is 20.4. The molecule has 7 fully saturated rings. The Kier molecular flexibility index (Phi) is 7.30. The van der Waals surface area contributed by atoms with Gasteiger partial charge in [-0.15, -0.1) is 0 Å². The third-order valence-corrected chi connectivity index (χ3v) is 11.6. The summed E-state index contributed by atoms with van der Waals surface area (Å²) in [5, 5.41) is 17.5. The summed E-state index contributed by atoms with van der Waals surface area (Å²) in [5.41, 5.74) is -1.64. The van der Waals surface area contributed by atoms with Gasteiger partial charge in [-0.25, -0.2) is 0 Å². The summed E-state index contributed by atoms with van der Waals surface area (Å²) in [4.78, 5) is 54.6. The summed E-state index contributed by atoms with van der Waals surface area (Å²) in [6.07, 6.45) is -1.48. The maximum absolute atomic E-state index is 14.4. The Bertz CT molecular complexity index is 1260. The van der Waals surface area contributed by atoms with Crippen molar-refractivity contribution in [3.8, 4) is 6.07 Å². The highest BCUT2D eigenvalue weighted by molar-refractivity contribution is 5.95. The van der Waals surface area contributed by atoms with Crippen LogP contribution >= 0.6 is 0 Å². The quantitative estimate of drug-likeness (QED) is 0.399. The van der Waals surface area contributed by atoms with Gasteiger partial charge in [-0.2, -0.15) is 18.4 Å². The van der Waals surface area contributed by atoms with Gasteiger partial charge in [0.15, 0.2) is 0 Å². The number of halogens is 3. The summed E-state index contributed by atoms with van der Waals surface area (Å²) in [6.45, 7) is 7.98. The van der Waals surface area contributed by atoms with E-state index in [1.54, 1.807) is 13.8 Å². The van der Waals surface area contributed by atoms with E-state index in [1.807, 2.05) is 19.9 Å². The zero-order chi connectivity index (χ0) is 32.0. The lowest BCUT2D eigenvalue weighted by Crippen LogP contribution is -2.65. The molecule has 10 nitrogen and oxygen atoms in total. The third kappa shape index (κ3) is 5.35. The van der Waals surface area contributed by atoms with Crippen molar-refractivity contribution in [1.29, 1.82) is 5.26 Å². The molecule has 0 spiro atoms. The second-order valence-electron chi connectivity index (χ2n) is 15.7. The van der Waals surface area contributed by atoms with Gasteiger partial charge in [0.05, 0.1) is 18.2 Å². The van der Waals surface area contributed by atoms with E-state index in [4.69, 9.17) is 4.74 Å². The minimum Gasteiger partial charge on any atom is -0.366 e. The van der Waals surface area contributed by atoms with Crippen LogP contribution in [0.1, 0.15) is 72.6 Å². The van der Waals surface area contributed by atoms with Crippen LogP contribution in [0.4, 0.5) is 13.2 Å². The zero-order valence-electron chi connectivity index (χ0n) is 25.6. The smallest absolute Gasteiger partial charge is 0.366 e. The van der Waals surface area contributed by atoms with Crippen LogP contribution in [-0.4, -0.2) is 77.6 Å². The Morgan fingerprint density at radius 2 is 1.66 bits per heavy atom. The molecule has 242 valence electrons. The van der Waals surface area contributed by atoms with E-state index in [9.17, 15) is 37.6 Å². The number of nitrogens with one attached hydrogen (secondary N) is 3. The Hall–Kier alpha value is -2.88. The fourth-order valence-electron chi connectivity index (χ4n) is 9.82. The molecule has 5 aliphatic carbocycles. The SMILES string of the molecule is CC1(C)COC(C[C@@H](C#N)NC(=O)[C@@H]2[C@@H]3[C@H](CN2C(=O)C(NC(=O)C(F)(F)F)C24CC5CC(CC(C5)C2)C4)C3(C)C)C(=O)N1. The average Bonchev–Trinajstić information content (AvgIpc) is 3.23. The van der Waals surface area contributed by atoms with Gasteiger partial charge in [0, 0.05) is 18.4 Å². The van der Waals surface area contributed by atoms with E-state index >= 15 is 0 Å². The number of nitriles is 1. The summed E-state index contributed by atoms with van der Waals surface area (Å²) >= 11 is 0. The number of hydrogen-bond acceptors (Lipinski definition) is 6. The molecule has 0 aromatic rings. The second-order valence-corrected chi connectivity index (χ2v) is 15.7. The molecule has 0 aromatic carbocycles. The summed E-state index contributed by atoms with van der Waals surface area (Å²) < 4.78 is 46.4. The molecule has 0 aromatic heterocycles. The molecule has 4 bridgehead atoms. The van der Waals surface area contributed by atoms with E-state index in [0.717, 1.165) is 19.3 Å². The van der Waals surface area contributed by atoms with Crippen molar-refractivity contribution in [3.63, 3.8) is 0 Å². The molecule has 13 heteroatoms. The predicted molar refractivity (Wildman–Crippen MR) is 149 cm³/mol. The molecule has 0 radical (unpaired) electrons. The molecule has 2 saturated heterocycles. The van der Waals surface area contributed by atoms with Crippen LogP contribution in [0.2, 0.25) is 0 Å². The molecule has 6 atom stereocenters. The van der Waals surface area contributed by atoms with Crippen LogP contribution in [0, 0.1) is 51.8 Å². The molecule has 44 heavy (non-hydrogen) atoms. The normalized spacial score (nSPS) is 39.0. The highest BCUT2D eigenvalue weighted by Crippen LogP contribution is 2.66. The third-order valence-electron chi connectivity index (χ3n) is 11.6. The first-order valence-corrected chi connectivity index (χ1v) is 15.8. The van der Waals surface area contributed by atoms with Crippen molar-refractivity contribution in [3.05, 3.63) is 0 Å². The zero-order valence-corrected chi connectivity index (χ0v) is 25.6. The van der Waals surface area contributed by atoms with Crippen LogP contribution in [0.5, 0.6) is 0 Å². The van der Waals surface area contributed by atoms with Crippen LogP contribution in [-0.2, 0) is 23.9 Å². The van der Waals surface area contributed by atoms with Crippen LogP contribution in [0.25, 0.3) is 0 Å². The lowest BCUT2D eigenvalue weighted by molar-refractivity contribution is -0.179. The Morgan fingerprint density at radius 3 is 2.18 bits per heavy atom. The summed E-state index contributed by atoms with van der Waals surface area (Å²) in [5.74, 6) is -3.15. The number of rotatable bonds is 7. The van der Waals surface area contributed by atoms with Gasteiger partial charge in [0.25, 0.3) is 0 Å². The minimum atomic E-state index is -5.16. The molecule has 2 aliphatic heterocycles. The number of morpholine rings is 1. The number of amides is 4. The molecule has 7 rings (SSSR count). The standard InChI is InChI=1S/C31H42F3N5O5/c1-28(2)14-44-20(24(40)38-28)8-18(12-35)36-25(41)22-21-19(29(21,3)4)13-39(22)26(42)23(37-27(43)31(32,33)34)30-9-15-5-16(10-30)7-17(6-15)11-30/h15-23H,5-11,13-14H2,1-4H3,(H,36,41)(H,37,43)(H,38,40)/t15?,16?,17?,18-,19-,20?,21-,22-,23?,30?/m0/s1. The number of fused-ring (bicyclic) bond motifs is 1. The Labute approximate surface area is 255 Å². The van der Waals surface area contributed by atoms with Gasteiger partial charge in [-0.3, -0.25) is 19.2 Å². The van der Waals surface area contributed by atoms with Crippen molar-refractivity contribution in [2.75, 3.05) is 13.2 Å². The molecule has 7 aliphatic rings. The van der Waals surface area contributed by atoms with Crippen molar-refractivity contribution >= 4 is 23.6 Å². The van der Waals surface area contributed by atoms with E-state index in [1.165, 1.54) is 4.90 Å². The number of hydrogen-bond donors (Lipinski definition) is 3. The molecule has 2 unspecified atom stereocenters. The van der Waals surface area contributed by atoms with Gasteiger partial charge < -0.3 is 25.6 Å². The van der Waals surface area contributed by atoms with E-state index in [-0.39, 0.29) is 36.8 Å². The van der Waals surface area contributed by atoms with Crippen LogP contribution in [0.3, 0.4) is 0 Å². The lowest BCUT2D eigenvalue weighted by Gasteiger charge is -2.59. The minimum absolute atomic E-state index is 0.0484. The maximum Gasteiger partial charge on any atom is 0.471 e. The number of likely N-dealkylation sites (tertiary alicyclic amines) is 1. The number of ether oxygens (including phenoxy) is 1. The fraction of sp³-hybridized carbons (Fsp3) is 0.839. The second kappa shape index (κ2) is 10.3. The first kappa shape index (κ1) is 31.1. The van der Waals surface area contributed by atoms with Gasteiger partial charge in [0.2, 0.25) is 17.7 Å². The highest BCUT2D eigenvalue weighted by Gasteiger charge is 2.70. The fourth-order valence-corrected chi connectivity index (χ4v) is 9.82. The lowest BCUT2D eigenvalue weighted by atomic mass is 9.47. The molecular formula is C31H42F3N5O5. The van der Waals surface area contributed by atoms with E-state index in [2.05, 4.69) is 16.0 Å². The summed E-state index contributed by atoms with van der Waals surface area (Å²) in [7, 11) is 0. The van der Waals surface area contributed by atoms with Crippen molar-refractivity contribution in [2.24, 2.45) is 40.4 Å². The maximum atomic E-state index is 14.4. The molecule has 2 heterocycles. The number of carbonyl (C=O) groups is 4. The van der Waals surface area contributed by atoms with Gasteiger partial charge in [-0.05, 0) is 87.4 Å². The van der Waals surface area contributed by atoms with Crippen LogP contribution in [0.15, 0.2) is 0 Å². The highest BCUT2D eigenvalue weighted by atomic mass is 19.4. The molecule has 4 amide bonds. The topological polar surface area (TPSA) is 141 Å². The molecule has 5 saturated carbocycles. The Balaban J connectivity index is 1.24. The van der Waals surface area contributed by atoms with E-state index in [0.29, 0.717) is 37.0 Å². The first-order valence-electron chi connectivity index (χ1n) is 15.8. The Morgan fingerprint density at radius 1 is 1.07 bits per heavy atom. The van der Waals surface area contributed by atoms with Crippen molar-refractivity contribution in [1.82, 2.24) is 20.9 Å². The molecule has 3 N–H and O–H groups in total. The monoisotopic (exact) mass is 621 g/mol. The number of carbonyl (C=O) groups excluding carboxylic acids is 4. The number of nitrogens with zero attached hydrogens (tertiary/aromatic N) is 2. The number of piperidine rings is 1. The number of alkyl halides is 3. The van der Waals surface area contributed by atoms with Crippen LogP contribution < -0.4 is 16.0 Å². The average molecular weight is 622 g/mol. The largest absolute Gasteiger partial charge is 0.471 e. The van der Waals surface area contributed by atoms with Crippen molar-refractivity contribution in [2.45, 2.75) is 109 Å². The predicted octanol–water partition coefficient (Wildman–Crippen LogP) is 2.42. The van der Waals surface area contributed by atoms with Gasteiger partial charge in [0.1, 0.15) is 24.2 Å². The van der Waals surface area contributed by atoms with E-state index < -0.39 is 65.0 Å².